The van der Waals surface area contributed by atoms with Crippen molar-refractivity contribution in [2.45, 2.75) is 0 Å². The maximum absolute atomic E-state index is 13.2. The molecular weight excluding hydrogens is 209 g/mol. The third kappa shape index (κ3) is 1.62. The standard InChI is InChI=1S/C9H7F3N2O/c10-5-3-6(11)8(7(12)4-5)14-2-1-13-9(14)15/h3-4H,1-2H2,(H,13,15). The molecule has 0 atom stereocenters. The van der Waals surface area contributed by atoms with Gasteiger partial charge >= 0.3 is 6.03 Å². The molecule has 2 amide bonds. The summed E-state index contributed by atoms with van der Waals surface area (Å²) in [6, 6.07) is 0.507. The Morgan fingerprint density at radius 1 is 1.20 bits per heavy atom. The predicted molar refractivity (Wildman–Crippen MR) is 47.1 cm³/mol. The molecule has 1 aliphatic rings. The smallest absolute Gasteiger partial charge is 0.322 e. The zero-order valence-electron chi connectivity index (χ0n) is 7.56. The van der Waals surface area contributed by atoms with Gasteiger partial charge in [0.2, 0.25) is 0 Å². The van der Waals surface area contributed by atoms with Crippen molar-refractivity contribution >= 4 is 11.7 Å². The van der Waals surface area contributed by atoms with Crippen LogP contribution in [0, 0.1) is 17.5 Å². The molecule has 1 heterocycles. The second-order valence-electron chi connectivity index (χ2n) is 3.10. The lowest BCUT2D eigenvalue weighted by atomic mass is 10.2. The highest BCUT2D eigenvalue weighted by molar-refractivity contribution is 5.94. The SMILES string of the molecule is O=C1NCCN1c1c(F)cc(F)cc1F. The van der Waals surface area contributed by atoms with Crippen LogP contribution in [0.4, 0.5) is 23.7 Å². The Balaban J connectivity index is 2.47. The molecule has 1 N–H and O–H groups in total. The van der Waals surface area contributed by atoms with E-state index >= 15 is 0 Å². The van der Waals surface area contributed by atoms with Crippen molar-refractivity contribution in [2.24, 2.45) is 0 Å². The van der Waals surface area contributed by atoms with E-state index in [9.17, 15) is 18.0 Å². The molecular formula is C9H7F3N2O. The van der Waals surface area contributed by atoms with Gasteiger partial charge in [-0.15, -0.1) is 0 Å². The molecule has 1 saturated heterocycles. The number of urea groups is 1. The van der Waals surface area contributed by atoms with Crippen LogP contribution in [0.5, 0.6) is 0 Å². The van der Waals surface area contributed by atoms with E-state index in [1.54, 1.807) is 0 Å². The van der Waals surface area contributed by atoms with Gasteiger partial charge in [0, 0.05) is 25.2 Å². The molecule has 1 aromatic rings. The molecule has 15 heavy (non-hydrogen) atoms. The number of carbonyl (C=O) groups excluding carboxylic acids is 1. The molecule has 1 aromatic carbocycles. The van der Waals surface area contributed by atoms with Crippen molar-refractivity contribution in [3.8, 4) is 0 Å². The summed E-state index contributed by atoms with van der Waals surface area (Å²) in [4.78, 5) is 12.1. The summed E-state index contributed by atoms with van der Waals surface area (Å²) in [5, 5.41) is 2.40. The van der Waals surface area contributed by atoms with Crippen molar-refractivity contribution in [3.05, 3.63) is 29.6 Å². The Labute approximate surface area is 83.5 Å². The highest BCUT2D eigenvalue weighted by Gasteiger charge is 2.27. The van der Waals surface area contributed by atoms with Gasteiger partial charge in [-0.05, 0) is 0 Å². The van der Waals surface area contributed by atoms with Gasteiger partial charge in [-0.1, -0.05) is 0 Å². The zero-order chi connectivity index (χ0) is 11.0. The van der Waals surface area contributed by atoms with Crippen LogP contribution in [-0.4, -0.2) is 19.1 Å². The fourth-order valence-corrected chi connectivity index (χ4v) is 1.48. The number of anilines is 1. The van der Waals surface area contributed by atoms with Crippen LogP contribution in [0.15, 0.2) is 12.1 Å². The van der Waals surface area contributed by atoms with Gasteiger partial charge in [0.15, 0.2) is 11.6 Å². The fourth-order valence-electron chi connectivity index (χ4n) is 1.48. The van der Waals surface area contributed by atoms with Crippen LogP contribution in [0.2, 0.25) is 0 Å². The number of halogens is 3. The first-order chi connectivity index (χ1) is 7.09. The van der Waals surface area contributed by atoms with Crippen molar-refractivity contribution in [1.82, 2.24) is 5.32 Å². The average Bonchev–Trinajstić information content (AvgIpc) is 2.50. The number of nitrogens with zero attached hydrogens (tertiary/aromatic N) is 1. The molecule has 0 spiro atoms. The molecule has 0 unspecified atom stereocenters. The van der Waals surface area contributed by atoms with Gasteiger partial charge < -0.3 is 5.32 Å². The second kappa shape index (κ2) is 3.45. The lowest BCUT2D eigenvalue weighted by Crippen LogP contribution is -2.29. The van der Waals surface area contributed by atoms with E-state index < -0.39 is 29.2 Å². The number of hydrogen-bond acceptors (Lipinski definition) is 1. The topological polar surface area (TPSA) is 32.3 Å². The third-order valence-corrected chi connectivity index (χ3v) is 2.11. The molecule has 0 aliphatic carbocycles. The summed E-state index contributed by atoms with van der Waals surface area (Å²) < 4.78 is 39.1. The molecule has 2 rings (SSSR count). The van der Waals surface area contributed by atoms with Crippen LogP contribution in [0.1, 0.15) is 0 Å². The summed E-state index contributed by atoms with van der Waals surface area (Å²) in [6.45, 7) is 0.480. The second-order valence-corrected chi connectivity index (χ2v) is 3.10. The van der Waals surface area contributed by atoms with Crippen LogP contribution in [0.3, 0.4) is 0 Å². The number of nitrogens with one attached hydrogen (secondary N) is 1. The Hall–Kier alpha value is -1.72. The van der Waals surface area contributed by atoms with E-state index in [4.69, 9.17) is 0 Å². The third-order valence-electron chi connectivity index (χ3n) is 2.11. The van der Waals surface area contributed by atoms with Crippen LogP contribution >= 0.6 is 0 Å². The van der Waals surface area contributed by atoms with E-state index in [0.717, 1.165) is 4.90 Å². The summed E-state index contributed by atoms with van der Waals surface area (Å²) in [5.41, 5.74) is -0.508. The monoisotopic (exact) mass is 216 g/mol. The average molecular weight is 216 g/mol. The molecule has 1 aliphatic heterocycles. The number of carbonyl (C=O) groups is 1. The summed E-state index contributed by atoms with van der Waals surface area (Å²) in [5.74, 6) is -3.16. The molecule has 0 aromatic heterocycles. The normalized spacial score (nSPS) is 15.7. The Morgan fingerprint density at radius 3 is 2.27 bits per heavy atom. The van der Waals surface area contributed by atoms with Crippen molar-refractivity contribution in [3.63, 3.8) is 0 Å². The first-order valence-corrected chi connectivity index (χ1v) is 4.29. The van der Waals surface area contributed by atoms with Gasteiger partial charge in [-0.25, -0.2) is 18.0 Å². The summed E-state index contributed by atoms with van der Waals surface area (Å²) in [7, 11) is 0. The minimum Gasteiger partial charge on any atom is -0.336 e. The van der Waals surface area contributed by atoms with Gasteiger partial charge in [-0.2, -0.15) is 0 Å². The van der Waals surface area contributed by atoms with E-state index in [0.29, 0.717) is 18.7 Å². The minimum atomic E-state index is -1.08. The lowest BCUT2D eigenvalue weighted by molar-refractivity contribution is 0.251. The summed E-state index contributed by atoms with van der Waals surface area (Å²) in [6.07, 6.45) is 0. The van der Waals surface area contributed by atoms with E-state index in [1.807, 2.05) is 0 Å². The fraction of sp³-hybridized carbons (Fsp3) is 0.222. The Morgan fingerprint density at radius 2 is 1.80 bits per heavy atom. The molecule has 0 bridgehead atoms. The van der Waals surface area contributed by atoms with Gasteiger partial charge in [0.1, 0.15) is 11.5 Å². The largest absolute Gasteiger partial charge is 0.336 e. The Bertz CT molecular complexity index is 399. The highest BCUT2D eigenvalue weighted by atomic mass is 19.1. The van der Waals surface area contributed by atoms with E-state index in [1.165, 1.54) is 0 Å². The van der Waals surface area contributed by atoms with Crippen molar-refractivity contribution < 1.29 is 18.0 Å². The molecule has 0 radical (unpaired) electrons. The molecule has 80 valence electrons. The Kier molecular flexibility index (Phi) is 2.26. The van der Waals surface area contributed by atoms with Crippen LogP contribution in [-0.2, 0) is 0 Å². The van der Waals surface area contributed by atoms with Crippen LogP contribution in [0.25, 0.3) is 0 Å². The van der Waals surface area contributed by atoms with Gasteiger partial charge in [0.25, 0.3) is 0 Å². The highest BCUT2D eigenvalue weighted by Crippen LogP contribution is 2.25. The van der Waals surface area contributed by atoms with Crippen molar-refractivity contribution in [2.75, 3.05) is 18.0 Å². The van der Waals surface area contributed by atoms with Gasteiger partial charge in [-0.3, -0.25) is 4.90 Å². The first kappa shape index (κ1) is 9.82. The first-order valence-electron chi connectivity index (χ1n) is 4.29. The zero-order valence-corrected chi connectivity index (χ0v) is 7.56. The van der Waals surface area contributed by atoms with Crippen molar-refractivity contribution in [1.29, 1.82) is 0 Å². The number of amides is 2. The van der Waals surface area contributed by atoms with Gasteiger partial charge in [0.05, 0.1) is 0 Å². The molecule has 1 fully saturated rings. The molecule has 3 nitrogen and oxygen atoms in total. The summed E-state index contributed by atoms with van der Waals surface area (Å²) >= 11 is 0. The van der Waals surface area contributed by atoms with E-state index in [-0.39, 0.29) is 6.54 Å². The quantitative estimate of drug-likeness (QED) is 0.760. The molecule has 0 saturated carbocycles. The van der Waals surface area contributed by atoms with E-state index in [2.05, 4.69) is 5.32 Å². The number of rotatable bonds is 1. The molecule has 6 heteroatoms. The number of benzene rings is 1. The minimum absolute atomic E-state index is 0.165. The lowest BCUT2D eigenvalue weighted by Gasteiger charge is -2.15. The maximum Gasteiger partial charge on any atom is 0.322 e. The number of hydrogen-bond donors (Lipinski definition) is 1. The van der Waals surface area contributed by atoms with Crippen LogP contribution < -0.4 is 10.2 Å². The predicted octanol–water partition coefficient (Wildman–Crippen LogP) is 1.63. The maximum atomic E-state index is 13.2.